The van der Waals surface area contributed by atoms with Gasteiger partial charge in [0.25, 0.3) is 10.0 Å². The first-order valence-corrected chi connectivity index (χ1v) is 9.77. The molecule has 0 fully saturated rings. The first kappa shape index (κ1) is 18.2. The Morgan fingerprint density at radius 3 is 2.62 bits per heavy atom. The molecule has 0 aliphatic carbocycles. The Morgan fingerprint density at radius 1 is 1.15 bits per heavy atom. The largest absolute Gasteiger partial charge is 0.302 e. The molecule has 3 rings (SSSR count). The lowest BCUT2D eigenvalue weighted by molar-refractivity contribution is -0.115. The molecular weight excluding hydrogens is 384 g/mol. The molecule has 2 N–H and O–H groups in total. The minimum atomic E-state index is -4.09. The summed E-state index contributed by atoms with van der Waals surface area (Å²) >= 11 is 1.26. The van der Waals surface area contributed by atoms with Crippen molar-refractivity contribution in [2.75, 3.05) is 10.0 Å². The predicted octanol–water partition coefficient (Wildman–Crippen LogP) is 3.72. The smallest absolute Gasteiger partial charge is 0.262 e. The number of amides is 1. The van der Waals surface area contributed by atoms with Crippen molar-refractivity contribution < 1.29 is 22.0 Å². The van der Waals surface area contributed by atoms with Crippen molar-refractivity contribution in [2.24, 2.45) is 0 Å². The highest BCUT2D eigenvalue weighted by atomic mass is 32.2. The highest BCUT2D eigenvalue weighted by Gasteiger charge is 2.17. The second kappa shape index (κ2) is 6.96. The number of hydrogen-bond acceptors (Lipinski definition) is 5. The number of hydrogen-bond donors (Lipinski definition) is 2. The molecule has 26 heavy (non-hydrogen) atoms. The van der Waals surface area contributed by atoms with E-state index in [0.717, 1.165) is 16.8 Å². The fourth-order valence-electron chi connectivity index (χ4n) is 2.11. The van der Waals surface area contributed by atoms with Crippen LogP contribution in [0, 0.1) is 11.6 Å². The molecule has 0 saturated heterocycles. The summed E-state index contributed by atoms with van der Waals surface area (Å²) in [5, 5.41) is 3.05. The zero-order valence-electron chi connectivity index (χ0n) is 13.4. The number of carbonyl (C=O) groups is 1. The molecule has 0 radical (unpaired) electrons. The van der Waals surface area contributed by atoms with Gasteiger partial charge in [0, 0.05) is 6.42 Å². The summed E-state index contributed by atoms with van der Waals surface area (Å²) in [6.45, 7) is 1.72. The third-order valence-corrected chi connectivity index (χ3v) is 5.74. The summed E-state index contributed by atoms with van der Waals surface area (Å²) in [7, 11) is -4.09. The molecule has 0 bridgehead atoms. The highest BCUT2D eigenvalue weighted by Crippen LogP contribution is 2.29. The summed E-state index contributed by atoms with van der Waals surface area (Å²) in [4.78, 5) is 15.3. The van der Waals surface area contributed by atoms with Crippen LogP contribution in [0.25, 0.3) is 10.2 Å². The van der Waals surface area contributed by atoms with Gasteiger partial charge in [-0.15, -0.1) is 0 Å². The van der Waals surface area contributed by atoms with Crippen LogP contribution in [-0.2, 0) is 14.8 Å². The van der Waals surface area contributed by atoms with Gasteiger partial charge in [-0.05, 0) is 36.4 Å². The van der Waals surface area contributed by atoms with E-state index in [-0.39, 0.29) is 11.6 Å². The number of anilines is 2. The molecule has 3 aromatic rings. The van der Waals surface area contributed by atoms with Crippen molar-refractivity contribution in [3.63, 3.8) is 0 Å². The lowest BCUT2D eigenvalue weighted by Gasteiger charge is -2.08. The van der Waals surface area contributed by atoms with Crippen LogP contribution in [0.1, 0.15) is 13.3 Å². The van der Waals surface area contributed by atoms with Crippen molar-refractivity contribution >= 4 is 48.3 Å². The minimum Gasteiger partial charge on any atom is -0.302 e. The van der Waals surface area contributed by atoms with Crippen LogP contribution in [0.2, 0.25) is 0 Å². The van der Waals surface area contributed by atoms with E-state index >= 15 is 0 Å². The van der Waals surface area contributed by atoms with Gasteiger partial charge >= 0.3 is 0 Å². The van der Waals surface area contributed by atoms with E-state index in [4.69, 9.17) is 0 Å². The summed E-state index contributed by atoms with van der Waals surface area (Å²) in [5.41, 5.74) is 0.702. The number of carbonyl (C=O) groups excluding carboxylic acids is 1. The number of nitrogens with zero attached hydrogens (tertiary/aromatic N) is 1. The van der Waals surface area contributed by atoms with E-state index in [1.165, 1.54) is 23.5 Å². The standard InChI is InChI=1S/C16H13F2N3O3S2/c1-2-15(22)20-16-19-13-7-9(3-6-14(13)25-16)21-26(23,24)10-4-5-11(17)12(18)8-10/h3-8,21H,2H2,1H3,(H,19,20,22). The molecular formula is C16H13F2N3O3S2. The number of aromatic nitrogens is 1. The Balaban J connectivity index is 1.88. The van der Waals surface area contributed by atoms with E-state index in [2.05, 4.69) is 15.0 Å². The SMILES string of the molecule is CCC(=O)Nc1nc2cc(NS(=O)(=O)c3ccc(F)c(F)c3)ccc2s1. The van der Waals surface area contributed by atoms with Gasteiger partial charge in [-0.25, -0.2) is 22.2 Å². The second-order valence-electron chi connectivity index (χ2n) is 5.28. The van der Waals surface area contributed by atoms with E-state index in [9.17, 15) is 22.0 Å². The zero-order chi connectivity index (χ0) is 18.9. The van der Waals surface area contributed by atoms with Crippen molar-refractivity contribution in [3.8, 4) is 0 Å². The molecule has 1 heterocycles. The van der Waals surface area contributed by atoms with Crippen molar-refractivity contribution in [3.05, 3.63) is 48.0 Å². The summed E-state index contributed by atoms with van der Waals surface area (Å²) in [5.74, 6) is -2.56. The maximum Gasteiger partial charge on any atom is 0.262 e. The highest BCUT2D eigenvalue weighted by molar-refractivity contribution is 7.92. The number of nitrogens with one attached hydrogen (secondary N) is 2. The van der Waals surface area contributed by atoms with Gasteiger partial charge < -0.3 is 5.32 Å². The Bertz CT molecular complexity index is 1100. The molecule has 6 nitrogen and oxygen atoms in total. The number of halogens is 2. The average molecular weight is 397 g/mol. The fraction of sp³-hybridized carbons (Fsp3) is 0.125. The van der Waals surface area contributed by atoms with Crippen LogP contribution in [0.5, 0.6) is 0 Å². The van der Waals surface area contributed by atoms with Crippen LogP contribution >= 0.6 is 11.3 Å². The zero-order valence-corrected chi connectivity index (χ0v) is 15.0. The van der Waals surface area contributed by atoms with Crippen molar-refractivity contribution in [1.82, 2.24) is 4.98 Å². The summed E-state index contributed by atoms with van der Waals surface area (Å²) in [6, 6.07) is 6.99. The van der Waals surface area contributed by atoms with E-state index in [1.807, 2.05) is 0 Å². The summed E-state index contributed by atoms with van der Waals surface area (Å²) in [6.07, 6.45) is 0.315. The predicted molar refractivity (Wildman–Crippen MR) is 95.7 cm³/mol. The lowest BCUT2D eigenvalue weighted by Crippen LogP contribution is -2.13. The first-order valence-electron chi connectivity index (χ1n) is 7.47. The molecule has 0 spiro atoms. The molecule has 0 saturated carbocycles. The maximum atomic E-state index is 13.3. The molecule has 0 atom stereocenters. The van der Waals surface area contributed by atoms with E-state index in [0.29, 0.717) is 23.1 Å². The third-order valence-electron chi connectivity index (χ3n) is 3.41. The number of sulfonamides is 1. The monoisotopic (exact) mass is 397 g/mol. The average Bonchev–Trinajstić information content (AvgIpc) is 2.98. The number of benzene rings is 2. The number of rotatable bonds is 5. The Hall–Kier alpha value is -2.59. The van der Waals surface area contributed by atoms with Crippen LogP contribution in [0.15, 0.2) is 41.3 Å². The summed E-state index contributed by atoms with van der Waals surface area (Å²) < 4.78 is 53.9. The lowest BCUT2D eigenvalue weighted by atomic mass is 10.3. The van der Waals surface area contributed by atoms with Crippen LogP contribution < -0.4 is 10.0 Å². The van der Waals surface area contributed by atoms with Gasteiger partial charge in [-0.2, -0.15) is 0 Å². The molecule has 136 valence electrons. The molecule has 2 aromatic carbocycles. The van der Waals surface area contributed by atoms with Crippen LogP contribution in [0.3, 0.4) is 0 Å². The Morgan fingerprint density at radius 2 is 1.92 bits per heavy atom. The van der Waals surface area contributed by atoms with Gasteiger partial charge in [0.05, 0.1) is 20.8 Å². The van der Waals surface area contributed by atoms with Crippen molar-refractivity contribution in [2.45, 2.75) is 18.2 Å². The van der Waals surface area contributed by atoms with Gasteiger partial charge in [-0.3, -0.25) is 9.52 Å². The van der Waals surface area contributed by atoms with Crippen LogP contribution in [-0.4, -0.2) is 19.3 Å². The van der Waals surface area contributed by atoms with Crippen LogP contribution in [0.4, 0.5) is 19.6 Å². The van der Waals surface area contributed by atoms with Gasteiger partial charge in [0.1, 0.15) is 0 Å². The molecule has 10 heteroatoms. The molecule has 0 unspecified atom stereocenters. The molecule has 1 amide bonds. The number of thiazole rings is 1. The first-order chi connectivity index (χ1) is 12.3. The minimum absolute atomic E-state index is 0.177. The Labute approximate surface area is 151 Å². The van der Waals surface area contributed by atoms with E-state index in [1.54, 1.807) is 13.0 Å². The Kier molecular flexibility index (Phi) is 4.88. The molecule has 1 aromatic heterocycles. The fourth-order valence-corrected chi connectivity index (χ4v) is 4.03. The molecule has 0 aliphatic rings. The van der Waals surface area contributed by atoms with Gasteiger partial charge in [-0.1, -0.05) is 18.3 Å². The van der Waals surface area contributed by atoms with Crippen molar-refractivity contribution in [1.29, 1.82) is 0 Å². The topological polar surface area (TPSA) is 88.2 Å². The molecule has 0 aliphatic heterocycles. The maximum absolute atomic E-state index is 13.3. The quantitative estimate of drug-likeness (QED) is 0.687. The van der Waals surface area contributed by atoms with E-state index < -0.39 is 26.6 Å². The van der Waals surface area contributed by atoms with Gasteiger partial charge in [0.2, 0.25) is 5.91 Å². The van der Waals surface area contributed by atoms with Gasteiger partial charge in [0.15, 0.2) is 16.8 Å². The second-order valence-corrected chi connectivity index (χ2v) is 8.00. The number of fused-ring (bicyclic) bond motifs is 1. The third kappa shape index (κ3) is 3.81. The normalized spacial score (nSPS) is 11.5.